The minimum absolute atomic E-state index is 0.106. The molecule has 2 aliphatic heterocycles. The maximum Gasteiger partial charge on any atom is 0.227 e. The normalized spacial score (nSPS) is 25.3. The van der Waals surface area contributed by atoms with Gasteiger partial charge in [0.2, 0.25) is 15.9 Å². The molecule has 3 rings (SSSR count). The number of nitrogens with zero attached hydrogens (tertiary/aromatic N) is 2. The van der Waals surface area contributed by atoms with Gasteiger partial charge in [-0.25, -0.2) is 12.8 Å². The van der Waals surface area contributed by atoms with Crippen LogP contribution in [0.5, 0.6) is 0 Å². The van der Waals surface area contributed by atoms with Crippen molar-refractivity contribution in [2.24, 2.45) is 0 Å². The summed E-state index contributed by atoms with van der Waals surface area (Å²) < 4.78 is 44.3. The number of fused-ring (bicyclic) bond motifs is 1. The van der Waals surface area contributed by atoms with Gasteiger partial charge in [-0.15, -0.1) is 0 Å². The van der Waals surface area contributed by atoms with E-state index in [1.54, 1.807) is 17.0 Å². The number of benzene rings is 1. The summed E-state index contributed by atoms with van der Waals surface area (Å²) in [5, 5.41) is 0. The molecule has 6 nitrogen and oxygen atoms in total. The second-order valence-electron chi connectivity index (χ2n) is 6.29. The number of piperidine rings is 1. The van der Waals surface area contributed by atoms with Crippen LogP contribution in [0.1, 0.15) is 12.0 Å². The number of hydrogen-bond donors (Lipinski definition) is 0. The highest BCUT2D eigenvalue weighted by Crippen LogP contribution is 2.25. The van der Waals surface area contributed by atoms with Gasteiger partial charge in [0.15, 0.2) is 0 Å². The molecule has 1 aromatic carbocycles. The van der Waals surface area contributed by atoms with Crippen molar-refractivity contribution in [3.8, 4) is 0 Å². The molecule has 0 bridgehead atoms. The van der Waals surface area contributed by atoms with Crippen molar-refractivity contribution in [1.82, 2.24) is 9.21 Å². The van der Waals surface area contributed by atoms with E-state index in [2.05, 4.69) is 0 Å². The van der Waals surface area contributed by atoms with Gasteiger partial charge in [0.05, 0.1) is 31.4 Å². The van der Waals surface area contributed by atoms with Crippen molar-refractivity contribution >= 4 is 15.9 Å². The first kappa shape index (κ1) is 17.3. The Labute approximate surface area is 141 Å². The number of amides is 1. The highest BCUT2D eigenvalue weighted by molar-refractivity contribution is 7.88. The molecule has 2 heterocycles. The van der Waals surface area contributed by atoms with E-state index in [-0.39, 0.29) is 30.3 Å². The van der Waals surface area contributed by atoms with Crippen molar-refractivity contribution < 1.29 is 22.3 Å². The van der Waals surface area contributed by atoms with Gasteiger partial charge >= 0.3 is 0 Å². The Bertz CT molecular complexity index is 725. The Hall–Kier alpha value is -1.51. The molecule has 0 radical (unpaired) electrons. The van der Waals surface area contributed by atoms with Gasteiger partial charge in [0.25, 0.3) is 0 Å². The van der Waals surface area contributed by atoms with Crippen LogP contribution in [0, 0.1) is 5.82 Å². The molecular formula is C16H21FN2O4S. The van der Waals surface area contributed by atoms with Crippen LogP contribution in [-0.4, -0.2) is 68.2 Å². The predicted octanol–water partition coefficient (Wildman–Crippen LogP) is 0.629. The lowest BCUT2D eigenvalue weighted by molar-refractivity contribution is -0.138. The Morgan fingerprint density at radius 1 is 1.38 bits per heavy atom. The van der Waals surface area contributed by atoms with E-state index in [4.69, 9.17) is 4.74 Å². The molecule has 0 aliphatic carbocycles. The average Bonchev–Trinajstić information content (AvgIpc) is 2.53. The fourth-order valence-electron chi connectivity index (χ4n) is 3.41. The second kappa shape index (κ2) is 6.78. The summed E-state index contributed by atoms with van der Waals surface area (Å²) in [6, 6.07) is 5.61. The predicted molar refractivity (Wildman–Crippen MR) is 86.4 cm³/mol. The molecule has 0 N–H and O–H groups in total. The summed E-state index contributed by atoms with van der Waals surface area (Å²) in [6.45, 7) is 1.52. The van der Waals surface area contributed by atoms with Gasteiger partial charge < -0.3 is 9.64 Å². The number of carbonyl (C=O) groups excluding carboxylic acids is 1. The van der Waals surface area contributed by atoms with Crippen LogP contribution in [0.3, 0.4) is 0 Å². The van der Waals surface area contributed by atoms with Crippen LogP contribution >= 0.6 is 0 Å². The van der Waals surface area contributed by atoms with Gasteiger partial charge in [-0.2, -0.15) is 4.31 Å². The first-order valence-electron chi connectivity index (χ1n) is 7.95. The number of carbonyl (C=O) groups is 1. The average molecular weight is 356 g/mol. The minimum atomic E-state index is -3.34. The summed E-state index contributed by atoms with van der Waals surface area (Å²) in [5.74, 6) is -0.499. The first-order chi connectivity index (χ1) is 11.3. The molecule has 1 amide bonds. The number of sulfonamides is 1. The van der Waals surface area contributed by atoms with Crippen LogP contribution < -0.4 is 0 Å². The van der Waals surface area contributed by atoms with Crippen molar-refractivity contribution in [3.63, 3.8) is 0 Å². The number of rotatable bonds is 3. The third kappa shape index (κ3) is 3.76. The molecule has 0 aromatic heterocycles. The van der Waals surface area contributed by atoms with Crippen LogP contribution in [0.4, 0.5) is 4.39 Å². The van der Waals surface area contributed by atoms with E-state index in [1.165, 1.54) is 22.7 Å². The highest BCUT2D eigenvalue weighted by atomic mass is 32.2. The molecule has 2 aliphatic rings. The summed E-state index contributed by atoms with van der Waals surface area (Å²) in [4.78, 5) is 14.2. The van der Waals surface area contributed by atoms with Crippen LogP contribution in [0.2, 0.25) is 0 Å². The van der Waals surface area contributed by atoms with Crippen LogP contribution in [0.25, 0.3) is 0 Å². The summed E-state index contributed by atoms with van der Waals surface area (Å²) >= 11 is 0. The summed E-state index contributed by atoms with van der Waals surface area (Å²) in [7, 11) is -3.34. The largest absolute Gasteiger partial charge is 0.375 e. The molecule has 0 saturated carbocycles. The van der Waals surface area contributed by atoms with Gasteiger partial charge in [-0.3, -0.25) is 4.79 Å². The van der Waals surface area contributed by atoms with E-state index in [0.29, 0.717) is 38.2 Å². The fraction of sp³-hybridized carbons (Fsp3) is 0.562. The molecule has 0 spiro atoms. The van der Waals surface area contributed by atoms with Gasteiger partial charge in [-0.05, 0) is 24.1 Å². The molecular weight excluding hydrogens is 335 g/mol. The van der Waals surface area contributed by atoms with Crippen LogP contribution in [-0.2, 0) is 26.0 Å². The molecule has 132 valence electrons. The smallest absolute Gasteiger partial charge is 0.227 e. The lowest BCUT2D eigenvalue weighted by atomic mass is 9.99. The fourth-order valence-corrected chi connectivity index (χ4v) is 4.51. The quantitative estimate of drug-likeness (QED) is 0.797. The van der Waals surface area contributed by atoms with E-state index >= 15 is 0 Å². The minimum Gasteiger partial charge on any atom is -0.375 e. The van der Waals surface area contributed by atoms with Crippen molar-refractivity contribution in [2.75, 3.05) is 32.5 Å². The Morgan fingerprint density at radius 3 is 2.88 bits per heavy atom. The molecule has 8 heteroatoms. The maximum atomic E-state index is 13.2. The zero-order valence-electron chi connectivity index (χ0n) is 13.5. The number of halogens is 1. The van der Waals surface area contributed by atoms with Crippen molar-refractivity contribution in [2.45, 2.75) is 25.0 Å². The van der Waals surface area contributed by atoms with Gasteiger partial charge in [0, 0.05) is 19.6 Å². The van der Waals surface area contributed by atoms with Gasteiger partial charge in [-0.1, -0.05) is 12.1 Å². The van der Waals surface area contributed by atoms with Crippen molar-refractivity contribution in [1.29, 1.82) is 0 Å². The number of ether oxygens (including phenoxy) is 1. The lowest BCUT2D eigenvalue weighted by Gasteiger charge is -2.45. The topological polar surface area (TPSA) is 66.9 Å². The van der Waals surface area contributed by atoms with E-state index in [1.807, 2.05) is 0 Å². The van der Waals surface area contributed by atoms with Crippen molar-refractivity contribution in [3.05, 3.63) is 35.6 Å². The third-order valence-corrected chi connectivity index (χ3v) is 5.86. The third-order valence-electron chi connectivity index (χ3n) is 4.56. The number of likely N-dealkylation sites (tertiary alicyclic amines) is 1. The maximum absolute atomic E-state index is 13.2. The molecule has 2 saturated heterocycles. The first-order valence-corrected chi connectivity index (χ1v) is 9.80. The number of hydrogen-bond acceptors (Lipinski definition) is 4. The lowest BCUT2D eigenvalue weighted by Crippen LogP contribution is -2.62. The van der Waals surface area contributed by atoms with E-state index in [0.717, 1.165) is 0 Å². The summed E-state index contributed by atoms with van der Waals surface area (Å²) in [6.07, 6.45) is 1.72. The SMILES string of the molecule is CS(=O)(=O)N1CCO[C@H]2CCN(C(=O)Cc3cccc(F)c3)C[C@@H]21. The molecule has 24 heavy (non-hydrogen) atoms. The Kier molecular flexibility index (Phi) is 4.89. The van der Waals surface area contributed by atoms with Gasteiger partial charge in [0.1, 0.15) is 5.82 Å². The van der Waals surface area contributed by atoms with Crippen LogP contribution in [0.15, 0.2) is 24.3 Å². The highest BCUT2D eigenvalue weighted by Gasteiger charge is 2.41. The molecule has 2 fully saturated rings. The summed E-state index contributed by atoms with van der Waals surface area (Å²) in [5.41, 5.74) is 0.613. The number of morpholine rings is 1. The monoisotopic (exact) mass is 356 g/mol. The molecule has 1 aromatic rings. The Balaban J connectivity index is 1.70. The zero-order chi connectivity index (χ0) is 17.3. The zero-order valence-corrected chi connectivity index (χ0v) is 14.3. The second-order valence-corrected chi connectivity index (χ2v) is 8.22. The van der Waals surface area contributed by atoms with E-state index < -0.39 is 10.0 Å². The molecule has 0 unspecified atom stereocenters. The standard InChI is InChI=1S/C16H21FN2O4S/c1-24(21,22)19-7-8-23-15-5-6-18(11-14(15)19)16(20)10-12-3-2-4-13(17)9-12/h2-4,9,14-15H,5-8,10-11H2,1H3/t14-,15-/m0/s1. The molecule has 2 atom stereocenters. The Morgan fingerprint density at radius 2 is 2.17 bits per heavy atom. The van der Waals surface area contributed by atoms with E-state index in [9.17, 15) is 17.6 Å².